The van der Waals surface area contributed by atoms with Gasteiger partial charge in [-0.15, -0.1) is 0 Å². The predicted octanol–water partition coefficient (Wildman–Crippen LogP) is 1.18. The fourth-order valence-corrected chi connectivity index (χ4v) is 2.37. The van der Waals surface area contributed by atoms with E-state index in [1.54, 1.807) is 19.0 Å². The lowest BCUT2D eigenvalue weighted by molar-refractivity contribution is -0.127. The Labute approximate surface area is 134 Å². The van der Waals surface area contributed by atoms with Crippen molar-refractivity contribution < 1.29 is 9.53 Å². The van der Waals surface area contributed by atoms with Crippen LogP contribution < -0.4 is 5.32 Å². The Morgan fingerprint density at radius 3 is 2.82 bits per heavy atom. The molecule has 1 heterocycles. The second-order valence-electron chi connectivity index (χ2n) is 5.97. The van der Waals surface area contributed by atoms with Gasteiger partial charge in [-0.1, -0.05) is 13.3 Å². The van der Waals surface area contributed by atoms with E-state index in [1.807, 2.05) is 6.92 Å². The number of likely N-dealkylation sites (N-methyl/N-ethyl adjacent to an activating group) is 1. The van der Waals surface area contributed by atoms with Crippen LogP contribution in [-0.4, -0.2) is 75.2 Å². The molecule has 1 aliphatic rings. The second kappa shape index (κ2) is 10.4. The van der Waals surface area contributed by atoms with Gasteiger partial charge in [0.15, 0.2) is 5.96 Å². The maximum atomic E-state index is 11.8. The Bertz CT molecular complexity index is 358. The largest absolute Gasteiger partial charge is 0.381 e. The summed E-state index contributed by atoms with van der Waals surface area (Å²) in [6.45, 7) is 8.81. The van der Waals surface area contributed by atoms with Gasteiger partial charge in [-0.05, 0) is 19.8 Å². The number of ether oxygens (including phenoxy) is 1. The van der Waals surface area contributed by atoms with E-state index in [1.165, 1.54) is 0 Å². The molecule has 1 amide bonds. The molecule has 6 heteroatoms. The van der Waals surface area contributed by atoms with Gasteiger partial charge in [0.1, 0.15) is 6.54 Å². The minimum absolute atomic E-state index is 0.0276. The van der Waals surface area contributed by atoms with Crippen molar-refractivity contribution in [3.8, 4) is 0 Å². The Morgan fingerprint density at radius 1 is 1.41 bits per heavy atom. The first kappa shape index (κ1) is 18.7. The predicted molar refractivity (Wildman–Crippen MR) is 90.1 cm³/mol. The SMILES string of the molecule is CCCCNC(=NCC(=O)N(C)C)N1CCC(COCC)C1. The summed E-state index contributed by atoms with van der Waals surface area (Å²) in [5.74, 6) is 1.45. The summed E-state index contributed by atoms with van der Waals surface area (Å²) in [6, 6.07) is 0. The van der Waals surface area contributed by atoms with Crippen LogP contribution in [0.5, 0.6) is 0 Å². The molecule has 128 valence electrons. The molecule has 0 saturated carbocycles. The van der Waals surface area contributed by atoms with Crippen LogP contribution in [-0.2, 0) is 9.53 Å². The molecule has 0 spiro atoms. The van der Waals surface area contributed by atoms with Crippen molar-refractivity contribution in [1.82, 2.24) is 15.1 Å². The van der Waals surface area contributed by atoms with Crippen molar-refractivity contribution in [1.29, 1.82) is 0 Å². The van der Waals surface area contributed by atoms with Gasteiger partial charge in [0.2, 0.25) is 5.91 Å². The highest BCUT2D eigenvalue weighted by molar-refractivity contribution is 5.85. The van der Waals surface area contributed by atoms with Crippen molar-refractivity contribution in [3.05, 3.63) is 0 Å². The van der Waals surface area contributed by atoms with Crippen molar-refractivity contribution in [3.63, 3.8) is 0 Å². The number of likely N-dealkylation sites (tertiary alicyclic amines) is 1. The number of unbranched alkanes of at least 4 members (excludes halogenated alkanes) is 1. The highest BCUT2D eigenvalue weighted by atomic mass is 16.5. The minimum atomic E-state index is 0.0276. The number of hydrogen-bond acceptors (Lipinski definition) is 3. The maximum Gasteiger partial charge on any atom is 0.243 e. The summed E-state index contributed by atoms with van der Waals surface area (Å²) < 4.78 is 5.53. The molecule has 0 aromatic rings. The van der Waals surface area contributed by atoms with Crippen molar-refractivity contribution >= 4 is 11.9 Å². The molecule has 0 aliphatic carbocycles. The average molecular weight is 312 g/mol. The number of rotatable bonds is 8. The van der Waals surface area contributed by atoms with Crippen molar-refractivity contribution in [2.24, 2.45) is 10.9 Å². The molecule has 1 atom stereocenters. The number of carbonyl (C=O) groups is 1. The molecule has 0 aromatic carbocycles. The van der Waals surface area contributed by atoms with Gasteiger partial charge in [0, 0.05) is 46.3 Å². The minimum Gasteiger partial charge on any atom is -0.381 e. The summed E-state index contributed by atoms with van der Waals surface area (Å²) >= 11 is 0. The van der Waals surface area contributed by atoms with Crippen LogP contribution in [0.1, 0.15) is 33.1 Å². The van der Waals surface area contributed by atoms with Gasteiger partial charge >= 0.3 is 0 Å². The van der Waals surface area contributed by atoms with Crippen LogP contribution in [0.25, 0.3) is 0 Å². The smallest absolute Gasteiger partial charge is 0.243 e. The molecular weight excluding hydrogens is 280 g/mol. The Balaban J connectivity index is 2.57. The number of aliphatic imine (C=N–C) groups is 1. The van der Waals surface area contributed by atoms with Crippen LogP contribution in [0, 0.1) is 5.92 Å². The zero-order chi connectivity index (χ0) is 16.4. The van der Waals surface area contributed by atoms with Gasteiger partial charge in [-0.2, -0.15) is 0 Å². The van der Waals surface area contributed by atoms with Gasteiger partial charge in [-0.25, -0.2) is 4.99 Å². The van der Waals surface area contributed by atoms with Gasteiger partial charge < -0.3 is 19.9 Å². The molecule has 0 bridgehead atoms. The molecule has 1 fully saturated rings. The molecule has 22 heavy (non-hydrogen) atoms. The van der Waals surface area contributed by atoms with Crippen molar-refractivity contribution in [2.45, 2.75) is 33.1 Å². The van der Waals surface area contributed by atoms with Crippen LogP contribution in [0.2, 0.25) is 0 Å². The van der Waals surface area contributed by atoms with E-state index in [0.717, 1.165) is 58.1 Å². The molecule has 0 aromatic heterocycles. The number of amides is 1. The van der Waals surface area contributed by atoms with E-state index in [9.17, 15) is 4.79 Å². The summed E-state index contributed by atoms with van der Waals surface area (Å²) in [6.07, 6.45) is 3.37. The van der Waals surface area contributed by atoms with Gasteiger partial charge in [-0.3, -0.25) is 4.79 Å². The number of nitrogens with one attached hydrogen (secondary N) is 1. The summed E-state index contributed by atoms with van der Waals surface area (Å²) in [4.78, 5) is 20.1. The van der Waals surface area contributed by atoms with Crippen LogP contribution in [0.15, 0.2) is 4.99 Å². The monoisotopic (exact) mass is 312 g/mol. The van der Waals surface area contributed by atoms with Crippen molar-refractivity contribution in [2.75, 3.05) is 53.5 Å². The maximum absolute atomic E-state index is 11.8. The fraction of sp³-hybridized carbons (Fsp3) is 0.875. The van der Waals surface area contributed by atoms with E-state index >= 15 is 0 Å². The lowest BCUT2D eigenvalue weighted by Crippen LogP contribution is -2.41. The lowest BCUT2D eigenvalue weighted by atomic mass is 10.1. The molecule has 6 nitrogen and oxygen atoms in total. The number of guanidine groups is 1. The highest BCUT2D eigenvalue weighted by Crippen LogP contribution is 2.16. The summed E-state index contributed by atoms with van der Waals surface area (Å²) in [5.41, 5.74) is 0. The normalized spacial score (nSPS) is 18.6. The Morgan fingerprint density at radius 2 is 2.18 bits per heavy atom. The first-order valence-electron chi connectivity index (χ1n) is 8.39. The number of nitrogens with zero attached hydrogens (tertiary/aromatic N) is 3. The van der Waals surface area contributed by atoms with E-state index in [4.69, 9.17) is 4.74 Å². The molecule has 1 rings (SSSR count). The molecule has 1 N–H and O–H groups in total. The van der Waals surface area contributed by atoms with E-state index < -0.39 is 0 Å². The second-order valence-corrected chi connectivity index (χ2v) is 5.97. The molecule has 1 saturated heterocycles. The quantitative estimate of drug-likeness (QED) is 0.415. The van der Waals surface area contributed by atoms with E-state index in [2.05, 4.69) is 22.1 Å². The van der Waals surface area contributed by atoms with Crippen LogP contribution in [0.4, 0.5) is 0 Å². The number of carbonyl (C=O) groups excluding carboxylic acids is 1. The molecule has 0 radical (unpaired) electrons. The topological polar surface area (TPSA) is 57.2 Å². The third-order valence-electron chi connectivity index (χ3n) is 3.82. The fourth-order valence-electron chi connectivity index (χ4n) is 2.37. The van der Waals surface area contributed by atoms with Crippen LogP contribution >= 0.6 is 0 Å². The molecule has 1 aliphatic heterocycles. The Kier molecular flexibility index (Phi) is 8.89. The summed E-state index contributed by atoms with van der Waals surface area (Å²) in [7, 11) is 3.52. The third kappa shape index (κ3) is 6.64. The third-order valence-corrected chi connectivity index (χ3v) is 3.82. The average Bonchev–Trinajstić information content (AvgIpc) is 2.96. The highest BCUT2D eigenvalue weighted by Gasteiger charge is 2.25. The first-order chi connectivity index (χ1) is 10.6. The zero-order valence-corrected chi connectivity index (χ0v) is 14.6. The van der Waals surface area contributed by atoms with E-state index in [-0.39, 0.29) is 12.5 Å². The zero-order valence-electron chi connectivity index (χ0n) is 14.6. The first-order valence-corrected chi connectivity index (χ1v) is 8.39. The summed E-state index contributed by atoms with van der Waals surface area (Å²) in [5, 5.41) is 3.40. The Hall–Kier alpha value is -1.30. The standard InChI is InChI=1S/C16H32N4O2/c1-5-7-9-17-16(18-11-15(21)19(3)4)20-10-8-14(12-20)13-22-6-2/h14H,5-13H2,1-4H3,(H,17,18). The van der Waals surface area contributed by atoms with Gasteiger partial charge in [0.25, 0.3) is 0 Å². The van der Waals surface area contributed by atoms with Gasteiger partial charge in [0.05, 0.1) is 6.61 Å². The molecule has 1 unspecified atom stereocenters. The lowest BCUT2D eigenvalue weighted by Gasteiger charge is -2.22. The molecular formula is C16H32N4O2. The number of hydrogen-bond donors (Lipinski definition) is 1. The van der Waals surface area contributed by atoms with Crippen LogP contribution in [0.3, 0.4) is 0 Å². The van der Waals surface area contributed by atoms with E-state index in [0.29, 0.717) is 5.92 Å².